The van der Waals surface area contributed by atoms with Gasteiger partial charge in [0.15, 0.2) is 5.79 Å². The van der Waals surface area contributed by atoms with Crippen LogP contribution in [-0.4, -0.2) is 53.6 Å². The Morgan fingerprint density at radius 3 is 2.48 bits per heavy atom. The SMILES string of the molecule is CCC1(C)CC2(OCC(COC)O2)C(C)C(C)(CC)N1O. The lowest BCUT2D eigenvalue weighted by Crippen LogP contribution is -2.71. The lowest BCUT2D eigenvalue weighted by molar-refractivity contribution is -0.352. The Kier molecular flexibility index (Phi) is 4.72. The van der Waals surface area contributed by atoms with Gasteiger partial charge in [0.1, 0.15) is 6.10 Å². The molecule has 5 nitrogen and oxygen atoms in total. The molecule has 2 heterocycles. The fourth-order valence-electron chi connectivity index (χ4n) is 3.94. The summed E-state index contributed by atoms with van der Waals surface area (Å²) in [5.41, 5.74) is -0.718. The molecule has 1 N–H and O–H groups in total. The molecule has 0 aromatic rings. The van der Waals surface area contributed by atoms with E-state index < -0.39 is 5.79 Å². The molecule has 0 saturated carbocycles. The lowest BCUT2D eigenvalue weighted by atomic mass is 9.67. The lowest BCUT2D eigenvalue weighted by Gasteiger charge is -2.60. The van der Waals surface area contributed by atoms with Crippen molar-refractivity contribution in [3.05, 3.63) is 0 Å². The highest BCUT2D eigenvalue weighted by Gasteiger charge is 2.63. The topological polar surface area (TPSA) is 51.2 Å². The molecule has 2 aliphatic rings. The van der Waals surface area contributed by atoms with E-state index in [0.29, 0.717) is 19.6 Å². The van der Waals surface area contributed by atoms with Crippen molar-refractivity contribution in [3.8, 4) is 0 Å². The average molecular weight is 301 g/mol. The van der Waals surface area contributed by atoms with E-state index in [9.17, 15) is 5.21 Å². The van der Waals surface area contributed by atoms with Crippen LogP contribution in [0.15, 0.2) is 0 Å². The molecule has 2 rings (SSSR count). The van der Waals surface area contributed by atoms with Gasteiger partial charge in [-0.05, 0) is 26.7 Å². The largest absolute Gasteiger partial charge is 0.382 e. The van der Waals surface area contributed by atoms with Crippen LogP contribution < -0.4 is 0 Å². The van der Waals surface area contributed by atoms with Crippen molar-refractivity contribution in [2.75, 3.05) is 20.3 Å². The molecule has 0 aromatic carbocycles. The maximum absolute atomic E-state index is 10.8. The molecule has 0 aromatic heterocycles. The molecule has 5 unspecified atom stereocenters. The monoisotopic (exact) mass is 301 g/mol. The number of ether oxygens (including phenoxy) is 3. The number of hydrogen-bond acceptors (Lipinski definition) is 5. The fraction of sp³-hybridized carbons (Fsp3) is 1.00. The van der Waals surface area contributed by atoms with Crippen LogP contribution in [0, 0.1) is 5.92 Å². The molecule has 5 heteroatoms. The van der Waals surface area contributed by atoms with Gasteiger partial charge in [-0.15, -0.1) is 0 Å². The molecule has 0 bridgehead atoms. The number of nitrogens with zero attached hydrogens (tertiary/aromatic N) is 1. The number of rotatable bonds is 4. The third-order valence-corrected chi connectivity index (χ3v) is 5.92. The highest BCUT2D eigenvalue weighted by molar-refractivity contribution is 5.08. The van der Waals surface area contributed by atoms with Gasteiger partial charge in [0.2, 0.25) is 0 Å². The molecule has 0 amide bonds. The van der Waals surface area contributed by atoms with Crippen LogP contribution in [0.5, 0.6) is 0 Å². The first-order valence-electron chi connectivity index (χ1n) is 8.08. The summed E-state index contributed by atoms with van der Waals surface area (Å²) >= 11 is 0. The Balaban J connectivity index is 2.34. The summed E-state index contributed by atoms with van der Waals surface area (Å²) in [6.45, 7) is 11.6. The molecular formula is C16H31NO4. The van der Waals surface area contributed by atoms with E-state index in [4.69, 9.17) is 14.2 Å². The van der Waals surface area contributed by atoms with Crippen molar-refractivity contribution in [2.24, 2.45) is 5.92 Å². The second-order valence-electron chi connectivity index (χ2n) is 7.09. The van der Waals surface area contributed by atoms with Crippen LogP contribution in [0.1, 0.15) is 53.9 Å². The van der Waals surface area contributed by atoms with E-state index in [1.165, 1.54) is 0 Å². The van der Waals surface area contributed by atoms with Gasteiger partial charge in [-0.25, -0.2) is 0 Å². The Morgan fingerprint density at radius 2 is 1.95 bits per heavy atom. The molecule has 124 valence electrons. The first-order valence-corrected chi connectivity index (χ1v) is 8.08. The second kappa shape index (κ2) is 5.78. The molecule has 0 radical (unpaired) electrons. The van der Waals surface area contributed by atoms with Gasteiger partial charge in [-0.1, -0.05) is 20.8 Å². The van der Waals surface area contributed by atoms with Crippen molar-refractivity contribution in [3.63, 3.8) is 0 Å². The van der Waals surface area contributed by atoms with Gasteiger partial charge in [-0.2, -0.15) is 5.06 Å². The average Bonchev–Trinajstić information content (AvgIpc) is 2.87. The van der Waals surface area contributed by atoms with Gasteiger partial charge in [-0.3, -0.25) is 0 Å². The van der Waals surface area contributed by atoms with E-state index in [1.54, 1.807) is 12.2 Å². The fourth-order valence-corrected chi connectivity index (χ4v) is 3.94. The molecule has 1 spiro atoms. The Hall–Kier alpha value is -0.200. The maximum atomic E-state index is 10.8. The zero-order valence-corrected chi connectivity index (χ0v) is 14.3. The number of methoxy groups -OCH3 is 1. The summed E-state index contributed by atoms with van der Waals surface area (Å²) in [5.74, 6) is -0.556. The van der Waals surface area contributed by atoms with Crippen LogP contribution >= 0.6 is 0 Å². The van der Waals surface area contributed by atoms with Crippen molar-refractivity contribution in [1.29, 1.82) is 0 Å². The number of hydrogen-bond donors (Lipinski definition) is 1. The summed E-state index contributed by atoms with van der Waals surface area (Å²) in [4.78, 5) is 0. The van der Waals surface area contributed by atoms with Crippen LogP contribution in [0.4, 0.5) is 0 Å². The smallest absolute Gasteiger partial charge is 0.175 e. The normalized spacial score (nSPS) is 48.1. The summed E-state index contributed by atoms with van der Waals surface area (Å²) in [5, 5.41) is 12.4. The summed E-state index contributed by atoms with van der Waals surface area (Å²) in [6, 6.07) is 0. The van der Waals surface area contributed by atoms with Crippen molar-refractivity contribution in [1.82, 2.24) is 5.06 Å². The van der Waals surface area contributed by atoms with Gasteiger partial charge in [0, 0.05) is 25.0 Å². The molecule has 0 aliphatic carbocycles. The Morgan fingerprint density at radius 1 is 1.29 bits per heavy atom. The van der Waals surface area contributed by atoms with E-state index in [-0.39, 0.29) is 23.1 Å². The highest BCUT2D eigenvalue weighted by Crippen LogP contribution is 2.53. The molecule has 2 saturated heterocycles. The summed E-state index contributed by atoms with van der Waals surface area (Å²) < 4.78 is 17.7. The minimum atomic E-state index is -0.627. The maximum Gasteiger partial charge on any atom is 0.175 e. The van der Waals surface area contributed by atoms with Gasteiger partial charge < -0.3 is 19.4 Å². The van der Waals surface area contributed by atoms with Crippen molar-refractivity contribution < 1.29 is 19.4 Å². The van der Waals surface area contributed by atoms with E-state index >= 15 is 0 Å². The first kappa shape index (κ1) is 17.2. The van der Waals surface area contributed by atoms with E-state index in [1.807, 2.05) is 0 Å². The number of piperidine rings is 1. The predicted molar refractivity (Wildman–Crippen MR) is 80.2 cm³/mol. The van der Waals surface area contributed by atoms with Crippen LogP contribution in [0.25, 0.3) is 0 Å². The third-order valence-electron chi connectivity index (χ3n) is 5.92. The Labute approximate surface area is 128 Å². The van der Waals surface area contributed by atoms with Crippen LogP contribution in [-0.2, 0) is 14.2 Å². The second-order valence-corrected chi connectivity index (χ2v) is 7.09. The quantitative estimate of drug-likeness (QED) is 0.865. The van der Waals surface area contributed by atoms with Crippen molar-refractivity contribution >= 4 is 0 Å². The molecule has 2 fully saturated rings. The molecule has 2 aliphatic heterocycles. The number of hydroxylamine groups is 2. The molecular weight excluding hydrogens is 270 g/mol. The van der Waals surface area contributed by atoms with Crippen LogP contribution in [0.2, 0.25) is 0 Å². The Bertz CT molecular complexity index is 379. The predicted octanol–water partition coefficient (Wildman–Crippen LogP) is 2.81. The summed E-state index contributed by atoms with van der Waals surface area (Å²) in [7, 11) is 1.68. The zero-order valence-electron chi connectivity index (χ0n) is 14.3. The van der Waals surface area contributed by atoms with Gasteiger partial charge in [0.05, 0.1) is 18.8 Å². The highest BCUT2D eigenvalue weighted by atomic mass is 16.8. The van der Waals surface area contributed by atoms with Crippen molar-refractivity contribution in [2.45, 2.75) is 76.9 Å². The minimum absolute atomic E-state index is 0.0232. The summed E-state index contributed by atoms with van der Waals surface area (Å²) in [6.07, 6.45) is 2.33. The van der Waals surface area contributed by atoms with Gasteiger partial charge >= 0.3 is 0 Å². The van der Waals surface area contributed by atoms with E-state index in [2.05, 4.69) is 34.6 Å². The third kappa shape index (κ3) is 2.53. The molecule has 21 heavy (non-hydrogen) atoms. The molecule has 5 atom stereocenters. The zero-order chi connectivity index (χ0) is 15.9. The minimum Gasteiger partial charge on any atom is -0.382 e. The van der Waals surface area contributed by atoms with Crippen LogP contribution in [0.3, 0.4) is 0 Å². The van der Waals surface area contributed by atoms with Gasteiger partial charge in [0.25, 0.3) is 0 Å². The first-order chi connectivity index (χ1) is 9.78. The standard InChI is InChI=1S/C16H31NO4/c1-7-14(4)11-16(20-10-13(21-16)9-19-6)12(3)15(5,8-2)17(14)18/h12-13,18H,7-11H2,1-6H3. The van der Waals surface area contributed by atoms with E-state index in [0.717, 1.165) is 12.8 Å².